The minimum Gasteiger partial charge on any atom is -0.493 e. The molecule has 0 saturated carbocycles. The number of nitrogens with zero attached hydrogens (tertiary/aromatic N) is 2. The fourth-order valence-electron chi connectivity index (χ4n) is 5.50. The summed E-state index contributed by atoms with van der Waals surface area (Å²) in [6.07, 6.45) is 1.57. The van der Waals surface area contributed by atoms with Gasteiger partial charge in [-0.25, -0.2) is 0 Å². The third kappa shape index (κ3) is 5.94. The fourth-order valence-corrected chi connectivity index (χ4v) is 5.50. The van der Waals surface area contributed by atoms with Crippen LogP contribution in [-0.4, -0.2) is 87.1 Å². The van der Waals surface area contributed by atoms with Gasteiger partial charge in [-0.3, -0.25) is 14.6 Å². The minimum absolute atomic E-state index is 0.0148. The van der Waals surface area contributed by atoms with Crippen molar-refractivity contribution in [1.29, 1.82) is 0 Å². The summed E-state index contributed by atoms with van der Waals surface area (Å²) >= 11 is 0. The van der Waals surface area contributed by atoms with Crippen LogP contribution >= 0.6 is 0 Å². The van der Waals surface area contributed by atoms with Crippen molar-refractivity contribution in [2.24, 2.45) is 0 Å². The molecule has 2 aliphatic heterocycles. The Bertz CT molecular complexity index is 1010. The normalized spacial score (nSPS) is 21.8. The number of carbonyl (C=O) groups is 1. The summed E-state index contributed by atoms with van der Waals surface area (Å²) in [7, 11) is 3.20. The lowest BCUT2D eigenvalue weighted by Gasteiger charge is -2.33. The topological polar surface area (TPSA) is 80.7 Å². The molecule has 1 unspecified atom stereocenters. The summed E-state index contributed by atoms with van der Waals surface area (Å²) in [5.74, 6) is 1.14. The van der Waals surface area contributed by atoms with Gasteiger partial charge < -0.3 is 24.1 Å². The second kappa shape index (κ2) is 12.4. The number of hydrogen-bond acceptors (Lipinski definition) is 7. The molecule has 36 heavy (non-hydrogen) atoms. The lowest BCUT2D eigenvalue weighted by atomic mass is 9.90. The summed E-state index contributed by atoms with van der Waals surface area (Å²) in [5.41, 5.74) is 2.04. The first-order valence-corrected chi connectivity index (χ1v) is 12.8. The van der Waals surface area contributed by atoms with E-state index in [4.69, 9.17) is 18.9 Å². The van der Waals surface area contributed by atoms with Crippen LogP contribution in [0.5, 0.6) is 17.2 Å². The van der Waals surface area contributed by atoms with Crippen molar-refractivity contribution in [2.45, 2.75) is 37.8 Å². The van der Waals surface area contributed by atoms with Crippen LogP contribution in [0, 0.1) is 0 Å². The van der Waals surface area contributed by atoms with E-state index in [2.05, 4.69) is 28.9 Å². The van der Waals surface area contributed by atoms with Gasteiger partial charge in [-0.05, 0) is 48.2 Å². The molecule has 2 fully saturated rings. The van der Waals surface area contributed by atoms with E-state index in [0.717, 1.165) is 62.6 Å². The molecule has 0 radical (unpaired) electrons. The molecule has 3 atom stereocenters. The van der Waals surface area contributed by atoms with E-state index in [1.807, 2.05) is 30.3 Å². The van der Waals surface area contributed by atoms with Crippen LogP contribution in [0.1, 0.15) is 42.9 Å². The number of morpholine rings is 1. The van der Waals surface area contributed by atoms with Crippen molar-refractivity contribution in [2.75, 3.05) is 60.2 Å². The Labute approximate surface area is 213 Å². The monoisotopic (exact) mass is 498 g/mol. The first-order chi connectivity index (χ1) is 17.5. The zero-order valence-electron chi connectivity index (χ0n) is 21.5. The highest BCUT2D eigenvalue weighted by Gasteiger charge is 2.43. The molecular formula is C28H38N2O6. The highest BCUT2D eigenvalue weighted by atomic mass is 16.5. The molecule has 4 rings (SSSR count). The van der Waals surface area contributed by atoms with Crippen LogP contribution in [0.15, 0.2) is 42.5 Å². The van der Waals surface area contributed by atoms with Crippen LogP contribution < -0.4 is 14.2 Å². The number of benzene rings is 2. The molecule has 2 aliphatic rings. The number of carboxylic acids is 1. The number of ether oxygens (including phenoxy) is 4. The molecule has 2 aromatic carbocycles. The second-order valence-electron chi connectivity index (χ2n) is 9.33. The maximum absolute atomic E-state index is 12.5. The van der Waals surface area contributed by atoms with Crippen molar-refractivity contribution in [3.8, 4) is 17.2 Å². The van der Waals surface area contributed by atoms with Crippen LogP contribution in [-0.2, 0) is 9.53 Å². The Morgan fingerprint density at radius 2 is 1.86 bits per heavy atom. The third-order valence-electron chi connectivity index (χ3n) is 7.34. The van der Waals surface area contributed by atoms with Gasteiger partial charge in [-0.15, -0.1) is 0 Å². The molecule has 2 saturated heterocycles. The van der Waals surface area contributed by atoms with E-state index < -0.39 is 12.0 Å². The Hall–Kier alpha value is -2.81. The molecule has 2 heterocycles. The highest BCUT2D eigenvalue weighted by Crippen LogP contribution is 2.42. The molecule has 2 aromatic rings. The van der Waals surface area contributed by atoms with E-state index >= 15 is 0 Å². The van der Waals surface area contributed by atoms with Gasteiger partial charge in [0.15, 0.2) is 11.5 Å². The average molecular weight is 499 g/mol. The predicted molar refractivity (Wildman–Crippen MR) is 137 cm³/mol. The molecule has 0 aromatic heterocycles. The third-order valence-corrected chi connectivity index (χ3v) is 7.34. The van der Waals surface area contributed by atoms with Crippen LogP contribution in [0.4, 0.5) is 0 Å². The average Bonchev–Trinajstić information content (AvgIpc) is 3.35. The predicted octanol–water partition coefficient (Wildman–Crippen LogP) is 3.81. The first kappa shape index (κ1) is 26.3. The van der Waals surface area contributed by atoms with E-state index in [0.29, 0.717) is 24.7 Å². The number of methoxy groups -OCH3 is 2. The Morgan fingerprint density at radius 3 is 2.56 bits per heavy atom. The van der Waals surface area contributed by atoms with Crippen LogP contribution in [0.3, 0.4) is 0 Å². The van der Waals surface area contributed by atoms with Gasteiger partial charge in [0.1, 0.15) is 18.4 Å². The van der Waals surface area contributed by atoms with Gasteiger partial charge >= 0.3 is 5.97 Å². The molecule has 0 spiro atoms. The number of aliphatic carboxylic acids is 1. The Kier molecular flexibility index (Phi) is 9.07. The molecule has 0 amide bonds. The summed E-state index contributed by atoms with van der Waals surface area (Å²) in [6, 6.07) is 13.2. The lowest BCUT2D eigenvalue weighted by Crippen LogP contribution is -2.41. The molecule has 8 heteroatoms. The maximum Gasteiger partial charge on any atom is 0.321 e. The maximum atomic E-state index is 12.5. The van der Waals surface area contributed by atoms with E-state index in [-0.39, 0.29) is 12.0 Å². The lowest BCUT2D eigenvalue weighted by molar-refractivity contribution is -0.143. The van der Waals surface area contributed by atoms with E-state index in [1.54, 1.807) is 14.2 Å². The molecule has 8 nitrogen and oxygen atoms in total. The van der Waals surface area contributed by atoms with Gasteiger partial charge in [-0.2, -0.15) is 0 Å². The van der Waals surface area contributed by atoms with Gasteiger partial charge in [0, 0.05) is 38.1 Å². The second-order valence-corrected chi connectivity index (χ2v) is 9.33. The SMILES string of the molecule is CCC(c1cccc(OCCN2CCOCC2)c1)N1CC[C@H](c2ccc(OC)c(OC)c2)[C@H]1C(=O)O. The summed E-state index contributed by atoms with van der Waals surface area (Å²) in [6.45, 7) is 7.73. The number of hydrogen-bond donors (Lipinski definition) is 1. The van der Waals surface area contributed by atoms with E-state index in [1.165, 1.54) is 0 Å². The number of rotatable bonds is 11. The zero-order valence-corrected chi connectivity index (χ0v) is 21.5. The van der Waals surface area contributed by atoms with Gasteiger partial charge in [0.25, 0.3) is 0 Å². The zero-order chi connectivity index (χ0) is 25.5. The van der Waals surface area contributed by atoms with Gasteiger partial charge in [0.05, 0.1) is 27.4 Å². The quantitative estimate of drug-likeness (QED) is 0.501. The molecular weight excluding hydrogens is 460 g/mol. The van der Waals surface area contributed by atoms with Gasteiger partial charge in [-0.1, -0.05) is 25.1 Å². The van der Waals surface area contributed by atoms with Crippen molar-refractivity contribution >= 4 is 5.97 Å². The van der Waals surface area contributed by atoms with Crippen LogP contribution in [0.2, 0.25) is 0 Å². The summed E-state index contributed by atoms with van der Waals surface area (Å²) in [5, 5.41) is 10.3. The molecule has 0 bridgehead atoms. The van der Waals surface area contributed by atoms with Gasteiger partial charge in [0.2, 0.25) is 0 Å². The standard InChI is InChI=1S/C28H38N2O6/c1-4-24(21-6-5-7-22(18-21)36-17-14-29-12-15-35-16-13-29)30-11-10-23(27(30)28(31)32)20-8-9-25(33-2)26(19-20)34-3/h5-9,18-19,23-24,27H,4,10-17H2,1-3H3,(H,31,32)/t23-,24?,27+/m1/s1. The number of likely N-dealkylation sites (tertiary alicyclic amines) is 1. The van der Waals surface area contributed by atoms with Crippen molar-refractivity contribution in [1.82, 2.24) is 9.80 Å². The fraction of sp³-hybridized carbons (Fsp3) is 0.536. The summed E-state index contributed by atoms with van der Waals surface area (Å²) < 4.78 is 22.3. The van der Waals surface area contributed by atoms with Crippen molar-refractivity contribution in [3.05, 3.63) is 53.6 Å². The van der Waals surface area contributed by atoms with E-state index in [9.17, 15) is 9.90 Å². The van der Waals surface area contributed by atoms with Crippen molar-refractivity contribution < 1.29 is 28.8 Å². The van der Waals surface area contributed by atoms with Crippen LogP contribution in [0.25, 0.3) is 0 Å². The minimum atomic E-state index is -0.802. The summed E-state index contributed by atoms with van der Waals surface area (Å²) in [4.78, 5) is 17.0. The Balaban J connectivity index is 1.49. The van der Waals surface area contributed by atoms with Crippen molar-refractivity contribution in [3.63, 3.8) is 0 Å². The Morgan fingerprint density at radius 1 is 1.08 bits per heavy atom. The molecule has 1 N–H and O–H groups in total. The smallest absolute Gasteiger partial charge is 0.321 e. The first-order valence-electron chi connectivity index (χ1n) is 12.8. The molecule has 196 valence electrons. The number of carboxylic acid groups (broad SMARTS) is 1. The highest BCUT2D eigenvalue weighted by molar-refractivity contribution is 5.76. The largest absolute Gasteiger partial charge is 0.493 e. The molecule has 0 aliphatic carbocycles.